The molecule has 0 bridgehead atoms. The van der Waals surface area contributed by atoms with E-state index >= 15 is 0 Å². The molecule has 2 heterocycles. The third-order valence-electron chi connectivity index (χ3n) is 13.0. The Kier molecular flexibility index (Phi) is 8.20. The zero-order valence-electron chi connectivity index (χ0n) is 34.6. The van der Waals surface area contributed by atoms with E-state index < -0.39 is 0 Å². The molecule has 0 N–H and O–H groups in total. The maximum atomic E-state index is 6.25. The van der Waals surface area contributed by atoms with Crippen molar-refractivity contribution in [1.29, 1.82) is 0 Å². The molecule has 1 aliphatic rings. The Morgan fingerprint density at radius 1 is 0.403 bits per heavy atom. The number of para-hydroxylation sites is 3. The van der Waals surface area contributed by atoms with Crippen LogP contribution in [0, 0.1) is 0 Å². The highest BCUT2D eigenvalue weighted by Crippen LogP contribution is 2.50. The van der Waals surface area contributed by atoms with Crippen LogP contribution in [-0.4, -0.2) is 4.57 Å². The molecule has 0 radical (unpaired) electrons. The molecule has 1 aliphatic carbocycles. The van der Waals surface area contributed by atoms with Gasteiger partial charge in [0.05, 0.1) is 11.0 Å². The molecule has 294 valence electrons. The third-order valence-corrected chi connectivity index (χ3v) is 13.0. The van der Waals surface area contributed by atoms with Crippen molar-refractivity contribution in [2.24, 2.45) is 0 Å². The molecule has 3 heteroatoms. The largest absolute Gasteiger partial charge is 0.456 e. The Labute approximate surface area is 361 Å². The topological polar surface area (TPSA) is 21.3 Å². The van der Waals surface area contributed by atoms with Crippen molar-refractivity contribution in [3.05, 3.63) is 230 Å². The molecular weight excluding hydrogens is 753 g/mol. The quantitative estimate of drug-likeness (QED) is 0.160. The summed E-state index contributed by atoms with van der Waals surface area (Å²) in [7, 11) is 0. The summed E-state index contributed by atoms with van der Waals surface area (Å²) in [5, 5.41) is 3.60. The first kappa shape index (κ1) is 36.0. The minimum absolute atomic E-state index is 0.0494. The highest BCUT2D eigenvalue weighted by atomic mass is 16.3. The Morgan fingerprint density at radius 2 is 0.952 bits per heavy atom. The van der Waals surface area contributed by atoms with Gasteiger partial charge in [0, 0.05) is 49.9 Å². The van der Waals surface area contributed by atoms with E-state index in [1.165, 1.54) is 66.3 Å². The van der Waals surface area contributed by atoms with E-state index in [1.807, 2.05) is 18.2 Å². The summed E-state index contributed by atoms with van der Waals surface area (Å²) >= 11 is 0. The zero-order chi connectivity index (χ0) is 41.4. The number of nitrogens with zero attached hydrogens (tertiary/aromatic N) is 2. The molecule has 11 aromatic rings. The molecule has 2 aromatic heterocycles. The van der Waals surface area contributed by atoms with Crippen molar-refractivity contribution in [3.63, 3.8) is 0 Å². The van der Waals surface area contributed by atoms with Crippen molar-refractivity contribution in [1.82, 2.24) is 4.57 Å². The molecule has 0 aliphatic heterocycles. The molecule has 62 heavy (non-hydrogen) atoms. The highest BCUT2D eigenvalue weighted by Gasteiger charge is 2.35. The van der Waals surface area contributed by atoms with Gasteiger partial charge in [0.15, 0.2) is 0 Å². The number of benzene rings is 9. The summed E-state index contributed by atoms with van der Waals surface area (Å²) in [6.45, 7) is 4.69. The predicted octanol–water partition coefficient (Wildman–Crippen LogP) is 16.3. The van der Waals surface area contributed by atoms with Gasteiger partial charge in [-0.3, -0.25) is 0 Å². The fourth-order valence-electron chi connectivity index (χ4n) is 9.84. The van der Waals surface area contributed by atoms with Gasteiger partial charge < -0.3 is 13.9 Å². The number of furan rings is 1. The average Bonchev–Trinajstić information content (AvgIpc) is 3.98. The van der Waals surface area contributed by atoms with Gasteiger partial charge in [0.2, 0.25) is 0 Å². The van der Waals surface area contributed by atoms with E-state index in [0.29, 0.717) is 0 Å². The number of anilines is 3. The summed E-state index contributed by atoms with van der Waals surface area (Å²) in [4.78, 5) is 2.34. The molecule has 0 atom stereocenters. The molecule has 3 nitrogen and oxygen atoms in total. The number of aromatic nitrogens is 1. The zero-order valence-corrected chi connectivity index (χ0v) is 34.6. The van der Waals surface area contributed by atoms with Crippen molar-refractivity contribution in [3.8, 4) is 50.4 Å². The standard InChI is InChI=1S/C59H42N2O/c1-59(2)53-17-9-7-15-49(53)50-34-26-43(37-54(50)59)40-22-30-47(31-23-40)60(48-32-24-41(25-33-48)58-38-44-12-6-11-19-57(44)62-58)46-28-20-39(21-29-46)42-27-35-56-52(36-42)51-16-8-10-18-55(51)61(56)45-13-4-3-5-14-45/h3-38H,1-2H3. The molecule has 0 saturated carbocycles. The minimum Gasteiger partial charge on any atom is -0.456 e. The Hall–Kier alpha value is -7.88. The van der Waals surface area contributed by atoms with Gasteiger partial charge in [-0.15, -0.1) is 0 Å². The maximum Gasteiger partial charge on any atom is 0.135 e. The molecule has 0 fully saturated rings. The Balaban J connectivity index is 0.915. The Bertz CT molecular complexity index is 3430. The molecule has 9 aromatic carbocycles. The van der Waals surface area contributed by atoms with Gasteiger partial charge in [-0.05, 0) is 142 Å². The van der Waals surface area contributed by atoms with E-state index in [4.69, 9.17) is 4.42 Å². The van der Waals surface area contributed by atoms with Crippen molar-refractivity contribution >= 4 is 49.8 Å². The van der Waals surface area contributed by atoms with Gasteiger partial charge in [-0.1, -0.05) is 135 Å². The second-order valence-electron chi connectivity index (χ2n) is 17.0. The van der Waals surface area contributed by atoms with Gasteiger partial charge in [-0.25, -0.2) is 0 Å². The Morgan fingerprint density at radius 3 is 1.68 bits per heavy atom. The summed E-state index contributed by atoms with van der Waals surface area (Å²) < 4.78 is 8.62. The lowest BCUT2D eigenvalue weighted by molar-refractivity contribution is 0.631. The van der Waals surface area contributed by atoms with Crippen LogP contribution in [-0.2, 0) is 5.41 Å². The van der Waals surface area contributed by atoms with Crippen molar-refractivity contribution in [2.75, 3.05) is 4.90 Å². The first-order valence-electron chi connectivity index (χ1n) is 21.4. The van der Waals surface area contributed by atoms with E-state index in [9.17, 15) is 0 Å². The molecule has 12 rings (SSSR count). The fraction of sp³-hybridized carbons (Fsp3) is 0.0508. The van der Waals surface area contributed by atoms with E-state index in [2.05, 4.69) is 224 Å². The number of hydrogen-bond acceptors (Lipinski definition) is 2. The lowest BCUT2D eigenvalue weighted by Gasteiger charge is -2.26. The predicted molar refractivity (Wildman–Crippen MR) is 259 cm³/mol. The average molecular weight is 795 g/mol. The first-order valence-corrected chi connectivity index (χ1v) is 21.4. The van der Waals surface area contributed by atoms with Crippen LogP contribution in [0.1, 0.15) is 25.0 Å². The second kappa shape index (κ2) is 14.1. The van der Waals surface area contributed by atoms with E-state index in [1.54, 1.807) is 0 Å². The van der Waals surface area contributed by atoms with Gasteiger partial charge in [0.1, 0.15) is 11.3 Å². The maximum absolute atomic E-state index is 6.25. The smallest absolute Gasteiger partial charge is 0.135 e. The van der Waals surface area contributed by atoms with Crippen LogP contribution in [0.5, 0.6) is 0 Å². The highest BCUT2D eigenvalue weighted by molar-refractivity contribution is 6.10. The summed E-state index contributed by atoms with van der Waals surface area (Å²) in [6.07, 6.45) is 0. The van der Waals surface area contributed by atoms with Crippen LogP contribution in [0.2, 0.25) is 0 Å². The minimum atomic E-state index is -0.0494. The van der Waals surface area contributed by atoms with Crippen molar-refractivity contribution < 1.29 is 4.42 Å². The SMILES string of the molecule is CC1(C)c2ccccc2-c2ccc(-c3ccc(N(c4ccc(-c5ccc6c(c5)c5ccccc5n6-c5ccccc5)cc4)c4ccc(-c5cc6ccccc6o5)cc4)cc3)cc21. The number of fused-ring (bicyclic) bond motifs is 7. The lowest BCUT2D eigenvalue weighted by atomic mass is 9.81. The van der Waals surface area contributed by atoms with Crippen LogP contribution in [0.15, 0.2) is 223 Å². The molecular formula is C59H42N2O. The summed E-state index contributed by atoms with van der Waals surface area (Å²) in [5.74, 6) is 0.863. The van der Waals surface area contributed by atoms with E-state index in [-0.39, 0.29) is 5.41 Å². The summed E-state index contributed by atoms with van der Waals surface area (Å²) in [6, 6.07) is 79.0. The number of hydrogen-bond donors (Lipinski definition) is 0. The summed E-state index contributed by atoms with van der Waals surface area (Å²) in [5.41, 5.74) is 18.9. The van der Waals surface area contributed by atoms with Crippen LogP contribution in [0.4, 0.5) is 17.1 Å². The number of rotatable bonds is 7. The lowest BCUT2D eigenvalue weighted by Crippen LogP contribution is -2.14. The van der Waals surface area contributed by atoms with Gasteiger partial charge in [-0.2, -0.15) is 0 Å². The molecule has 0 amide bonds. The second-order valence-corrected chi connectivity index (χ2v) is 17.0. The monoisotopic (exact) mass is 794 g/mol. The molecule has 0 unspecified atom stereocenters. The normalized spacial score (nSPS) is 12.8. The molecule has 0 spiro atoms. The molecule has 0 saturated heterocycles. The van der Waals surface area contributed by atoms with E-state index in [0.717, 1.165) is 45.0 Å². The van der Waals surface area contributed by atoms with Crippen molar-refractivity contribution in [2.45, 2.75) is 19.3 Å². The van der Waals surface area contributed by atoms with Gasteiger partial charge >= 0.3 is 0 Å². The van der Waals surface area contributed by atoms with Crippen LogP contribution >= 0.6 is 0 Å². The van der Waals surface area contributed by atoms with Crippen LogP contribution < -0.4 is 4.90 Å². The van der Waals surface area contributed by atoms with Gasteiger partial charge in [0.25, 0.3) is 0 Å². The van der Waals surface area contributed by atoms with Crippen LogP contribution in [0.25, 0.3) is 83.2 Å². The fourth-order valence-corrected chi connectivity index (χ4v) is 9.84. The third kappa shape index (κ3) is 5.81. The first-order chi connectivity index (χ1) is 30.5. The van der Waals surface area contributed by atoms with Crippen LogP contribution in [0.3, 0.4) is 0 Å².